The molecule has 5 heteroatoms. The van der Waals surface area contributed by atoms with Gasteiger partial charge in [0.2, 0.25) is 5.91 Å². The van der Waals surface area contributed by atoms with E-state index in [-0.39, 0.29) is 23.8 Å². The molecule has 3 rings (SSSR count). The van der Waals surface area contributed by atoms with Gasteiger partial charge in [0.05, 0.1) is 13.0 Å². The van der Waals surface area contributed by atoms with E-state index in [1.165, 1.54) is 11.1 Å². The Balaban J connectivity index is 1.57. The molecule has 1 aliphatic rings. The lowest BCUT2D eigenvalue weighted by molar-refractivity contribution is -0.125. The summed E-state index contributed by atoms with van der Waals surface area (Å²) in [6.07, 6.45) is 2.56. The Morgan fingerprint density at radius 3 is 2.46 bits per heavy atom. The minimum absolute atomic E-state index is 0.00996. The van der Waals surface area contributed by atoms with Crippen LogP contribution in [-0.4, -0.2) is 25.0 Å². The Hall–Kier alpha value is -2.82. The molecule has 28 heavy (non-hydrogen) atoms. The topological polar surface area (TPSA) is 67.4 Å². The molecule has 0 radical (unpaired) electrons. The zero-order chi connectivity index (χ0) is 20.1. The molecule has 148 valence electrons. The molecule has 0 spiro atoms. The van der Waals surface area contributed by atoms with E-state index in [1.54, 1.807) is 31.4 Å². The summed E-state index contributed by atoms with van der Waals surface area (Å²) in [5, 5.41) is 6.08. The number of ether oxygens (including phenoxy) is 1. The fraction of sp³-hybridized carbons (Fsp3) is 0.391. The van der Waals surface area contributed by atoms with Gasteiger partial charge in [-0.3, -0.25) is 9.59 Å². The number of nitrogens with one attached hydrogen (secondary N) is 2. The minimum atomic E-state index is -0.186. The van der Waals surface area contributed by atoms with Crippen LogP contribution in [0.1, 0.15) is 46.3 Å². The number of carbonyl (C=O) groups excluding carboxylic acids is 2. The molecule has 2 aromatic rings. The first kappa shape index (κ1) is 19.9. The van der Waals surface area contributed by atoms with Crippen LogP contribution in [0.2, 0.25) is 0 Å². The van der Waals surface area contributed by atoms with E-state index in [0.717, 1.165) is 24.8 Å². The van der Waals surface area contributed by atoms with Crippen molar-refractivity contribution in [1.29, 1.82) is 0 Å². The largest absolute Gasteiger partial charge is 0.497 e. The van der Waals surface area contributed by atoms with E-state index in [2.05, 4.69) is 36.6 Å². The van der Waals surface area contributed by atoms with Crippen molar-refractivity contribution in [2.45, 2.75) is 45.7 Å². The maximum atomic E-state index is 12.7. The fourth-order valence-electron chi connectivity index (χ4n) is 3.67. The van der Waals surface area contributed by atoms with Gasteiger partial charge in [0.25, 0.3) is 5.91 Å². The van der Waals surface area contributed by atoms with Gasteiger partial charge in [0.1, 0.15) is 5.75 Å². The van der Waals surface area contributed by atoms with Crippen LogP contribution in [0.25, 0.3) is 0 Å². The summed E-state index contributed by atoms with van der Waals surface area (Å²) in [6.45, 7) is 4.66. The molecule has 1 fully saturated rings. The maximum absolute atomic E-state index is 12.7. The van der Waals surface area contributed by atoms with Gasteiger partial charge in [-0.05, 0) is 67.6 Å². The quantitative estimate of drug-likeness (QED) is 0.806. The average Bonchev–Trinajstić information content (AvgIpc) is 3.17. The number of methoxy groups -OCH3 is 1. The Bertz CT molecular complexity index is 845. The zero-order valence-electron chi connectivity index (χ0n) is 16.7. The van der Waals surface area contributed by atoms with Crippen LogP contribution in [0.15, 0.2) is 42.5 Å². The van der Waals surface area contributed by atoms with Crippen molar-refractivity contribution in [3.8, 4) is 5.75 Å². The predicted molar refractivity (Wildman–Crippen MR) is 109 cm³/mol. The molecular formula is C23H28N2O3. The summed E-state index contributed by atoms with van der Waals surface area (Å²) in [5.41, 5.74) is 4.12. The number of benzene rings is 2. The van der Waals surface area contributed by atoms with Crippen LogP contribution in [0.3, 0.4) is 0 Å². The third kappa shape index (κ3) is 4.71. The van der Waals surface area contributed by atoms with Crippen molar-refractivity contribution in [3.05, 3.63) is 64.7 Å². The molecule has 1 saturated carbocycles. The first-order valence-corrected chi connectivity index (χ1v) is 9.76. The van der Waals surface area contributed by atoms with E-state index in [4.69, 9.17) is 4.74 Å². The summed E-state index contributed by atoms with van der Waals surface area (Å²) < 4.78 is 5.12. The lowest BCUT2D eigenvalue weighted by atomic mass is 10.0. The Labute approximate surface area is 166 Å². The van der Waals surface area contributed by atoms with Crippen molar-refractivity contribution in [3.63, 3.8) is 0 Å². The molecule has 2 atom stereocenters. The first-order chi connectivity index (χ1) is 13.5. The van der Waals surface area contributed by atoms with Crippen molar-refractivity contribution in [2.75, 3.05) is 7.11 Å². The third-order valence-electron chi connectivity index (χ3n) is 5.56. The monoisotopic (exact) mass is 380 g/mol. The molecule has 2 aromatic carbocycles. The fourth-order valence-corrected chi connectivity index (χ4v) is 3.67. The highest BCUT2D eigenvalue weighted by Gasteiger charge is 2.34. The summed E-state index contributed by atoms with van der Waals surface area (Å²) in [4.78, 5) is 25.2. The number of carbonyl (C=O) groups is 2. The normalized spacial score (nSPS) is 18.5. The molecule has 1 aliphatic carbocycles. The Morgan fingerprint density at radius 1 is 1.04 bits per heavy atom. The number of rotatable bonds is 6. The molecule has 0 aromatic heterocycles. The van der Waals surface area contributed by atoms with Gasteiger partial charge in [0.15, 0.2) is 0 Å². The molecule has 0 aliphatic heterocycles. The van der Waals surface area contributed by atoms with Crippen LogP contribution in [0.4, 0.5) is 0 Å². The molecule has 0 bridgehead atoms. The number of hydrogen-bond donors (Lipinski definition) is 2. The van der Waals surface area contributed by atoms with Gasteiger partial charge in [-0.1, -0.05) is 24.6 Å². The number of aryl methyl sites for hydroxylation is 2. The van der Waals surface area contributed by atoms with Gasteiger partial charge < -0.3 is 15.4 Å². The van der Waals surface area contributed by atoms with Gasteiger partial charge in [0, 0.05) is 18.2 Å². The predicted octanol–water partition coefficient (Wildman–Crippen LogP) is 3.53. The molecule has 0 heterocycles. The van der Waals surface area contributed by atoms with Crippen LogP contribution in [0.5, 0.6) is 5.75 Å². The highest BCUT2D eigenvalue weighted by atomic mass is 16.5. The molecule has 5 nitrogen and oxygen atoms in total. The second-order valence-corrected chi connectivity index (χ2v) is 7.48. The van der Waals surface area contributed by atoms with Crippen LogP contribution >= 0.6 is 0 Å². The molecule has 0 unspecified atom stereocenters. The number of hydrogen-bond acceptors (Lipinski definition) is 3. The van der Waals surface area contributed by atoms with Crippen LogP contribution < -0.4 is 15.4 Å². The van der Waals surface area contributed by atoms with Crippen LogP contribution in [0, 0.1) is 19.8 Å². The Morgan fingerprint density at radius 2 is 1.79 bits per heavy atom. The van der Waals surface area contributed by atoms with E-state index in [0.29, 0.717) is 17.9 Å². The van der Waals surface area contributed by atoms with Crippen molar-refractivity contribution >= 4 is 11.8 Å². The average molecular weight is 380 g/mol. The summed E-state index contributed by atoms with van der Waals surface area (Å²) in [6, 6.07) is 13.1. The Kier molecular flexibility index (Phi) is 6.34. The lowest BCUT2D eigenvalue weighted by Crippen LogP contribution is -2.43. The second kappa shape index (κ2) is 8.91. The SMILES string of the molecule is COc1ccc(C(=O)N[C@@H]2CCC[C@@H]2C(=O)NCc2ccc(C)c(C)c2)cc1. The van der Waals surface area contributed by atoms with Gasteiger partial charge in [-0.2, -0.15) is 0 Å². The molecule has 2 N–H and O–H groups in total. The van der Waals surface area contributed by atoms with Gasteiger partial charge in [-0.15, -0.1) is 0 Å². The highest BCUT2D eigenvalue weighted by Crippen LogP contribution is 2.26. The number of amides is 2. The highest BCUT2D eigenvalue weighted by molar-refractivity contribution is 5.95. The van der Waals surface area contributed by atoms with E-state index in [9.17, 15) is 9.59 Å². The van der Waals surface area contributed by atoms with Gasteiger partial charge in [-0.25, -0.2) is 0 Å². The second-order valence-electron chi connectivity index (χ2n) is 7.48. The van der Waals surface area contributed by atoms with Crippen molar-refractivity contribution < 1.29 is 14.3 Å². The first-order valence-electron chi connectivity index (χ1n) is 9.76. The van der Waals surface area contributed by atoms with E-state index in [1.807, 2.05) is 6.07 Å². The van der Waals surface area contributed by atoms with E-state index < -0.39 is 0 Å². The van der Waals surface area contributed by atoms with E-state index >= 15 is 0 Å². The molecular weight excluding hydrogens is 352 g/mol. The van der Waals surface area contributed by atoms with Crippen molar-refractivity contribution in [1.82, 2.24) is 10.6 Å². The standard InChI is InChI=1S/C23H28N2O3/c1-15-7-8-17(13-16(15)2)14-24-23(27)20-5-4-6-21(20)25-22(26)18-9-11-19(28-3)12-10-18/h7-13,20-21H,4-6,14H2,1-3H3,(H,24,27)(H,25,26)/t20-,21+/m0/s1. The zero-order valence-corrected chi connectivity index (χ0v) is 16.7. The van der Waals surface area contributed by atoms with Gasteiger partial charge >= 0.3 is 0 Å². The van der Waals surface area contributed by atoms with Crippen molar-refractivity contribution in [2.24, 2.45) is 5.92 Å². The third-order valence-corrected chi connectivity index (χ3v) is 5.56. The lowest BCUT2D eigenvalue weighted by Gasteiger charge is -2.21. The molecule has 0 saturated heterocycles. The molecule has 2 amide bonds. The maximum Gasteiger partial charge on any atom is 0.251 e. The smallest absolute Gasteiger partial charge is 0.251 e. The van der Waals surface area contributed by atoms with Crippen LogP contribution in [-0.2, 0) is 11.3 Å². The minimum Gasteiger partial charge on any atom is -0.497 e. The summed E-state index contributed by atoms with van der Waals surface area (Å²) in [7, 11) is 1.59. The summed E-state index contributed by atoms with van der Waals surface area (Å²) >= 11 is 0. The summed E-state index contributed by atoms with van der Waals surface area (Å²) in [5.74, 6) is 0.382.